The topological polar surface area (TPSA) is 17.1 Å². The van der Waals surface area contributed by atoms with E-state index in [1.54, 1.807) is 6.07 Å². The molecule has 0 aliphatic carbocycles. The first-order valence-electron chi connectivity index (χ1n) is 5.73. The van der Waals surface area contributed by atoms with Crippen LogP contribution in [-0.2, 0) is 0 Å². The highest BCUT2D eigenvalue weighted by atomic mass is 79.9. The van der Waals surface area contributed by atoms with Crippen molar-refractivity contribution < 1.29 is 4.79 Å². The van der Waals surface area contributed by atoms with E-state index in [-0.39, 0.29) is 5.78 Å². The number of thioether (sulfide) groups is 1. The molecule has 0 aromatic heterocycles. The van der Waals surface area contributed by atoms with Gasteiger partial charge in [0.05, 0.1) is 5.02 Å². The second-order valence-electron chi connectivity index (χ2n) is 4.31. The van der Waals surface area contributed by atoms with Gasteiger partial charge in [-0.2, -0.15) is 11.8 Å². The third kappa shape index (κ3) is 3.73. The maximum atomic E-state index is 12.1. The Bertz CT molecular complexity index is 416. The van der Waals surface area contributed by atoms with E-state index in [9.17, 15) is 4.79 Å². The first-order valence-corrected chi connectivity index (χ1v) is 8.05. The second-order valence-corrected chi connectivity index (χ2v) is 6.80. The summed E-state index contributed by atoms with van der Waals surface area (Å²) in [5, 5.41) is 0.607. The average Bonchev–Trinajstić information content (AvgIpc) is 2.34. The Labute approximate surface area is 119 Å². The summed E-state index contributed by atoms with van der Waals surface area (Å²) in [6.07, 6.45) is 3.00. The Hall–Kier alpha value is 0.01000. The summed E-state index contributed by atoms with van der Waals surface area (Å²) in [5.41, 5.74) is 0.733. The van der Waals surface area contributed by atoms with Crippen molar-refractivity contribution in [1.82, 2.24) is 0 Å². The number of halogens is 2. The molecule has 17 heavy (non-hydrogen) atoms. The molecule has 0 radical (unpaired) electrons. The minimum Gasteiger partial charge on any atom is -0.294 e. The van der Waals surface area contributed by atoms with Crippen LogP contribution in [0, 0.1) is 5.92 Å². The summed E-state index contributed by atoms with van der Waals surface area (Å²) in [4.78, 5) is 12.1. The van der Waals surface area contributed by atoms with Crippen molar-refractivity contribution in [2.75, 3.05) is 11.5 Å². The molecule has 0 bridgehead atoms. The molecule has 0 spiro atoms. The number of hydrogen-bond acceptors (Lipinski definition) is 2. The SMILES string of the molecule is O=C(CC1CCSCC1)c1ccc(Br)c(Cl)c1. The number of Topliss-reactive ketones (excluding diaryl/α,β-unsaturated/α-hetero) is 1. The third-order valence-electron chi connectivity index (χ3n) is 3.06. The van der Waals surface area contributed by atoms with Crippen LogP contribution in [0.1, 0.15) is 29.6 Å². The Morgan fingerprint density at radius 3 is 2.76 bits per heavy atom. The molecule has 1 nitrogen and oxygen atoms in total. The number of benzene rings is 1. The van der Waals surface area contributed by atoms with Gasteiger partial charge in [-0.05, 0) is 58.3 Å². The van der Waals surface area contributed by atoms with Crippen molar-refractivity contribution >= 4 is 45.1 Å². The van der Waals surface area contributed by atoms with Gasteiger partial charge in [0, 0.05) is 16.5 Å². The van der Waals surface area contributed by atoms with Crippen molar-refractivity contribution in [2.24, 2.45) is 5.92 Å². The first-order chi connectivity index (χ1) is 8.16. The largest absolute Gasteiger partial charge is 0.294 e. The monoisotopic (exact) mass is 332 g/mol. The lowest BCUT2D eigenvalue weighted by atomic mass is 9.93. The van der Waals surface area contributed by atoms with E-state index in [1.165, 1.54) is 24.3 Å². The van der Waals surface area contributed by atoms with Crippen LogP contribution in [-0.4, -0.2) is 17.3 Å². The van der Waals surface area contributed by atoms with Crippen LogP contribution in [0.3, 0.4) is 0 Å². The number of carbonyl (C=O) groups excluding carboxylic acids is 1. The molecule has 1 fully saturated rings. The maximum Gasteiger partial charge on any atom is 0.163 e. The average molecular weight is 334 g/mol. The Balaban J connectivity index is 2.01. The molecular weight excluding hydrogens is 320 g/mol. The molecule has 1 heterocycles. The molecule has 1 aliphatic heterocycles. The minimum atomic E-state index is 0.219. The van der Waals surface area contributed by atoms with Crippen LogP contribution in [0.4, 0.5) is 0 Å². The van der Waals surface area contributed by atoms with Gasteiger partial charge in [-0.15, -0.1) is 0 Å². The third-order valence-corrected chi connectivity index (χ3v) is 5.34. The molecule has 1 aromatic rings. The quantitative estimate of drug-likeness (QED) is 0.738. The summed E-state index contributed by atoms with van der Waals surface area (Å²) in [6.45, 7) is 0. The Morgan fingerprint density at radius 1 is 1.41 bits per heavy atom. The van der Waals surface area contributed by atoms with E-state index in [1.807, 2.05) is 23.9 Å². The van der Waals surface area contributed by atoms with Crippen molar-refractivity contribution in [3.05, 3.63) is 33.3 Å². The summed E-state index contributed by atoms with van der Waals surface area (Å²) >= 11 is 11.3. The molecule has 0 saturated carbocycles. The smallest absolute Gasteiger partial charge is 0.163 e. The lowest BCUT2D eigenvalue weighted by Gasteiger charge is -2.20. The molecule has 92 valence electrons. The van der Waals surface area contributed by atoms with E-state index in [0.717, 1.165) is 10.0 Å². The minimum absolute atomic E-state index is 0.219. The van der Waals surface area contributed by atoms with Gasteiger partial charge in [0.2, 0.25) is 0 Å². The molecule has 0 N–H and O–H groups in total. The number of carbonyl (C=O) groups is 1. The molecule has 0 unspecified atom stereocenters. The summed E-state index contributed by atoms with van der Waals surface area (Å²) in [5.74, 6) is 3.17. The molecule has 0 amide bonds. The number of hydrogen-bond donors (Lipinski definition) is 0. The zero-order chi connectivity index (χ0) is 12.3. The number of rotatable bonds is 3. The molecular formula is C13H14BrClOS. The molecule has 2 rings (SSSR count). The van der Waals surface area contributed by atoms with E-state index in [0.29, 0.717) is 17.4 Å². The molecule has 4 heteroatoms. The lowest BCUT2D eigenvalue weighted by molar-refractivity contribution is 0.0958. The van der Waals surface area contributed by atoms with Gasteiger partial charge in [0.25, 0.3) is 0 Å². The van der Waals surface area contributed by atoms with Gasteiger partial charge in [-0.3, -0.25) is 4.79 Å². The van der Waals surface area contributed by atoms with E-state index in [4.69, 9.17) is 11.6 Å². The molecule has 1 aromatic carbocycles. The van der Waals surface area contributed by atoms with E-state index < -0.39 is 0 Å². The number of ketones is 1. The highest BCUT2D eigenvalue weighted by molar-refractivity contribution is 9.10. The normalized spacial score (nSPS) is 17.1. The summed E-state index contributed by atoms with van der Waals surface area (Å²) in [6, 6.07) is 5.44. The van der Waals surface area contributed by atoms with Crippen LogP contribution in [0.2, 0.25) is 5.02 Å². The standard InChI is InChI=1S/C13H14BrClOS/c14-11-2-1-10(8-12(11)15)13(16)7-9-3-5-17-6-4-9/h1-2,8-9H,3-7H2. The van der Waals surface area contributed by atoms with Crippen LogP contribution in [0.15, 0.2) is 22.7 Å². The Morgan fingerprint density at radius 2 is 2.12 bits per heavy atom. The summed E-state index contributed by atoms with van der Waals surface area (Å²) < 4.78 is 0.838. The van der Waals surface area contributed by atoms with Crippen LogP contribution in [0.25, 0.3) is 0 Å². The van der Waals surface area contributed by atoms with Crippen molar-refractivity contribution in [3.8, 4) is 0 Å². The molecule has 0 atom stereocenters. The lowest BCUT2D eigenvalue weighted by Crippen LogP contribution is -2.14. The van der Waals surface area contributed by atoms with Gasteiger partial charge in [-0.25, -0.2) is 0 Å². The van der Waals surface area contributed by atoms with Gasteiger partial charge in [0.15, 0.2) is 5.78 Å². The fourth-order valence-corrected chi connectivity index (χ4v) is 3.63. The van der Waals surface area contributed by atoms with Gasteiger partial charge in [0.1, 0.15) is 0 Å². The highest BCUT2D eigenvalue weighted by Crippen LogP contribution is 2.28. The zero-order valence-corrected chi connectivity index (χ0v) is 12.6. The first kappa shape index (κ1) is 13.4. The van der Waals surface area contributed by atoms with Crippen molar-refractivity contribution in [2.45, 2.75) is 19.3 Å². The van der Waals surface area contributed by atoms with Crippen molar-refractivity contribution in [3.63, 3.8) is 0 Å². The van der Waals surface area contributed by atoms with Crippen LogP contribution >= 0.6 is 39.3 Å². The van der Waals surface area contributed by atoms with Gasteiger partial charge < -0.3 is 0 Å². The fourth-order valence-electron chi connectivity index (χ4n) is 2.00. The van der Waals surface area contributed by atoms with Crippen LogP contribution in [0.5, 0.6) is 0 Å². The van der Waals surface area contributed by atoms with Gasteiger partial charge in [-0.1, -0.05) is 17.7 Å². The zero-order valence-electron chi connectivity index (χ0n) is 9.42. The molecule has 1 aliphatic rings. The van der Waals surface area contributed by atoms with Crippen LogP contribution < -0.4 is 0 Å². The second kappa shape index (κ2) is 6.26. The summed E-state index contributed by atoms with van der Waals surface area (Å²) in [7, 11) is 0. The maximum absolute atomic E-state index is 12.1. The highest BCUT2D eigenvalue weighted by Gasteiger charge is 2.18. The fraction of sp³-hybridized carbons (Fsp3) is 0.462. The van der Waals surface area contributed by atoms with E-state index in [2.05, 4.69) is 15.9 Å². The Kier molecular flexibility index (Phi) is 4.95. The molecule has 1 saturated heterocycles. The van der Waals surface area contributed by atoms with Gasteiger partial charge >= 0.3 is 0 Å². The van der Waals surface area contributed by atoms with E-state index >= 15 is 0 Å². The predicted octanol–water partition coefficient (Wildman–Crippen LogP) is 4.82. The predicted molar refractivity (Wildman–Crippen MR) is 78.1 cm³/mol. The van der Waals surface area contributed by atoms with Crippen molar-refractivity contribution in [1.29, 1.82) is 0 Å².